The van der Waals surface area contributed by atoms with Gasteiger partial charge in [0.2, 0.25) is 0 Å². The van der Waals surface area contributed by atoms with Crippen LogP contribution in [0, 0.1) is 36.4 Å². The van der Waals surface area contributed by atoms with E-state index in [0.717, 1.165) is 67.5 Å². The smallest absolute Gasteiger partial charge is 0.189 e. The molecule has 23 rings (SSSR count). The van der Waals surface area contributed by atoms with Gasteiger partial charge in [-0.25, -0.2) is 8.42 Å². The average molecular weight is 2430 g/mol. The van der Waals surface area contributed by atoms with Crippen molar-refractivity contribution in [3.63, 3.8) is 0 Å². The molecule has 3 aliphatic rings. The Balaban J connectivity index is 0.000000133. The first-order chi connectivity index (χ1) is 66.3. The average Bonchev–Trinajstić information content (AvgIpc) is 1.54. The van der Waals surface area contributed by atoms with Crippen molar-refractivity contribution in [3.05, 3.63) is 498 Å². The Kier molecular flexibility index (Phi) is 32.4. The van der Waals surface area contributed by atoms with E-state index >= 15 is 0 Å². The van der Waals surface area contributed by atoms with Gasteiger partial charge >= 0.3 is 0 Å². The van der Waals surface area contributed by atoms with Crippen molar-refractivity contribution in [1.29, 1.82) is 0 Å². The first-order valence-electron chi connectivity index (χ1n) is 45.8. The summed E-state index contributed by atoms with van der Waals surface area (Å²) < 4.78 is 25.9. The molecule has 0 bridgehead atoms. The van der Waals surface area contributed by atoms with Crippen molar-refractivity contribution in [3.8, 4) is 101 Å². The van der Waals surface area contributed by atoms with Gasteiger partial charge in [0.1, 0.15) is 24.2 Å². The summed E-state index contributed by atoms with van der Waals surface area (Å²) in [6, 6.07) is 166. The summed E-state index contributed by atoms with van der Waals surface area (Å²) in [5.41, 5.74) is 18.4. The van der Waals surface area contributed by atoms with Crippen LogP contribution in [0.15, 0.2) is 472 Å². The van der Waals surface area contributed by atoms with Crippen LogP contribution < -0.4 is 62.2 Å². The van der Waals surface area contributed by atoms with Gasteiger partial charge in [0.25, 0.3) is 0 Å². The van der Waals surface area contributed by atoms with Gasteiger partial charge < -0.3 is 29.9 Å². The molecular weight excluding hydrogens is 2330 g/mol. The van der Waals surface area contributed by atoms with E-state index in [0.29, 0.717) is 20.9 Å². The molecule has 0 N–H and O–H groups in total. The predicted molar refractivity (Wildman–Crippen MR) is 576 cm³/mol. The van der Waals surface area contributed by atoms with Crippen molar-refractivity contribution < 1.29 is 68.7 Å². The van der Waals surface area contributed by atoms with Crippen LogP contribution in [0.25, 0.3) is 101 Å². The largest absolute Gasteiger partial charge is 0.305 e. The summed E-state index contributed by atoms with van der Waals surface area (Å²) in [4.78, 5) is 27.9. The zero-order valence-corrected chi connectivity index (χ0v) is 91.3. The Bertz CT molecular complexity index is 7270. The molecule has 9 heterocycles. The van der Waals surface area contributed by atoms with Gasteiger partial charge in [0, 0.05) is 97.5 Å². The summed E-state index contributed by atoms with van der Waals surface area (Å²) in [7, 11) is -13.1. The van der Waals surface area contributed by atoms with Gasteiger partial charge in [-0.3, -0.25) is 0 Å². The Labute approximate surface area is 864 Å². The molecular formula is C122H100Ir3N6O2SSi5-6. The number of nitrogens with zero attached hydrogens (tertiary/aromatic N) is 6. The van der Waals surface area contributed by atoms with Crippen LogP contribution in [-0.2, 0) is 70.2 Å². The number of sulfone groups is 1. The van der Waals surface area contributed by atoms with Gasteiger partial charge in [-0.15, -0.1) is 189 Å². The summed E-state index contributed by atoms with van der Waals surface area (Å²) in [6.45, 7) is 19.1. The molecule has 3 aliphatic heterocycles. The minimum absolute atomic E-state index is 0. The summed E-state index contributed by atoms with van der Waals surface area (Å²) in [6.07, 6.45) is 11.5. The van der Waals surface area contributed by atoms with Gasteiger partial charge in [-0.2, -0.15) is 0 Å². The molecule has 0 amide bonds. The van der Waals surface area contributed by atoms with Crippen molar-refractivity contribution in [2.75, 3.05) is 0 Å². The number of hydrogen-bond acceptors (Lipinski definition) is 8. The van der Waals surface area contributed by atoms with Crippen LogP contribution >= 0.6 is 0 Å². The topological polar surface area (TPSA) is 111 Å². The van der Waals surface area contributed by atoms with E-state index in [4.69, 9.17) is 9.97 Å². The number of fused-ring (bicyclic) bond motifs is 9. The quantitative estimate of drug-likeness (QED) is 0.0782. The Morgan fingerprint density at radius 1 is 0.237 bits per heavy atom. The minimum atomic E-state index is -3.50. The standard InChI is InChI=1S/C37H30NSi2.C27H26NSi2.C25H20NO2SSi.3C11H8N.3Ir/c1-39(2,29-14-6-3-7-15-29)32-23-25-35(38-27-32)28-22-24-34-33-20-12-13-21-36(33)40(37(34)26-28,30-16-8-4-9-17-30)31-18-10-5-11-19-31;1-29(2,21-10-6-5-7-11-21)22-15-17-25(28-19-22)20-14-16-24-23-12-8-9-13-26(23)30(3,4)27(24)18-20;1-30(2,19-8-4-3-5-9-19)20-13-15-23(26-17-20)18-12-14-22-21-10-6-7-11-24(21)29(27,28)25(22)16-18;3*1-2-6-10(7-3-1)11-8-4-5-9-12-11;;;/h3-21,23-27H,1-2H3;5-13,15-19H,1-4H3;3-11,13-17H,1-2H3;3*1-6,8-9H;;;/q6*-1;;;. The van der Waals surface area contributed by atoms with Crippen LogP contribution in [0.3, 0.4) is 0 Å². The second kappa shape index (κ2) is 44.8. The van der Waals surface area contributed by atoms with Crippen LogP contribution in [0.1, 0.15) is 0 Å². The van der Waals surface area contributed by atoms with Crippen molar-refractivity contribution in [1.82, 2.24) is 29.9 Å². The van der Waals surface area contributed by atoms with E-state index in [-0.39, 0.29) is 60.3 Å². The number of benzene rings is 14. The van der Waals surface area contributed by atoms with E-state index < -0.39 is 50.2 Å². The predicted octanol–water partition coefficient (Wildman–Crippen LogP) is 20.7. The molecule has 20 aromatic rings. The number of pyridine rings is 6. The first kappa shape index (κ1) is 100. The van der Waals surface area contributed by atoms with Crippen molar-refractivity contribution in [2.24, 2.45) is 0 Å². The normalized spacial score (nSPS) is 12.5. The van der Waals surface area contributed by atoms with Gasteiger partial charge in [0.05, 0.1) is 13.0 Å². The third-order valence-electron chi connectivity index (χ3n) is 26.3. The number of aromatic nitrogens is 6. The zero-order chi connectivity index (χ0) is 93.7. The van der Waals surface area contributed by atoms with E-state index in [9.17, 15) is 8.42 Å². The second-order valence-electron chi connectivity index (χ2n) is 35.9. The van der Waals surface area contributed by atoms with Crippen LogP contribution in [0.4, 0.5) is 0 Å². The third kappa shape index (κ3) is 21.4. The molecule has 3 radical (unpaired) electrons. The fourth-order valence-electron chi connectivity index (χ4n) is 18.5. The maximum Gasteiger partial charge on any atom is 0.189 e. The Morgan fingerprint density at radius 2 is 0.547 bits per heavy atom. The molecule has 0 spiro atoms. The van der Waals surface area contributed by atoms with Crippen LogP contribution in [-0.4, -0.2) is 78.7 Å². The van der Waals surface area contributed by atoms with E-state index in [1.54, 1.807) is 42.9 Å². The van der Waals surface area contributed by atoms with Gasteiger partial charge in [-0.1, -0.05) is 392 Å². The van der Waals surface area contributed by atoms with E-state index in [2.05, 4.69) is 370 Å². The van der Waals surface area contributed by atoms with Crippen LogP contribution in [0.2, 0.25) is 52.4 Å². The first-order valence-corrected chi connectivity index (χ1v) is 61.3. The zero-order valence-electron chi connectivity index (χ0n) is 78.3. The summed E-state index contributed by atoms with van der Waals surface area (Å²) in [5.74, 6) is 0. The molecule has 0 fully saturated rings. The van der Waals surface area contributed by atoms with Gasteiger partial charge in [0.15, 0.2) is 17.9 Å². The van der Waals surface area contributed by atoms with Crippen molar-refractivity contribution >= 4 is 112 Å². The minimum Gasteiger partial charge on any atom is -0.305 e. The van der Waals surface area contributed by atoms with E-state index in [1.165, 1.54) is 84.5 Å². The SMILES string of the molecule is C[Si](C)(c1ccccc1)c1ccc(-c2[c-]cc3c(c2)S(=O)(=O)c2ccccc2-3)nc1.C[Si](C)(c1ccccc1)c1ccc(-c2[c-]cc3c(c2)[Si](C)(C)c2ccccc2-3)nc1.C[Si](C)(c1ccccc1)c1ccc(-c2[c-]cc3c(c2)[Si](c2ccccc2)(c2ccccc2)c2ccccc2-3)nc1.[Ir].[Ir].[Ir].[c-]1ccccc1-c1ccccn1.[c-]1ccccc1-c1ccccn1.[c-]1ccccc1-c1ccccn1. The molecule has 0 saturated heterocycles. The van der Waals surface area contributed by atoms with Crippen molar-refractivity contribution in [2.45, 2.75) is 62.2 Å². The molecule has 0 saturated carbocycles. The van der Waals surface area contributed by atoms with Gasteiger partial charge in [-0.05, 0) is 100 Å². The number of hydrogen-bond donors (Lipinski definition) is 0. The molecule has 689 valence electrons. The fraction of sp³-hybridized carbons (Fsp3) is 0.0656. The molecule has 0 aliphatic carbocycles. The monoisotopic (exact) mass is 2430 g/mol. The summed E-state index contributed by atoms with van der Waals surface area (Å²) >= 11 is 0. The Morgan fingerprint density at radius 3 is 0.914 bits per heavy atom. The maximum atomic E-state index is 13.0. The molecule has 14 aromatic carbocycles. The third-order valence-corrected chi connectivity index (χ3v) is 47.1. The number of rotatable bonds is 14. The fourth-order valence-corrected chi connectivity index (χ4v) is 35.2. The molecule has 0 atom stereocenters. The van der Waals surface area contributed by atoms with Crippen LogP contribution in [0.5, 0.6) is 0 Å². The maximum absolute atomic E-state index is 13.0. The molecule has 17 heteroatoms. The van der Waals surface area contributed by atoms with E-state index in [1.807, 2.05) is 158 Å². The Hall–Kier alpha value is -13.0. The molecule has 0 unspecified atom stereocenters. The summed E-state index contributed by atoms with van der Waals surface area (Å²) in [5, 5.41) is 16.9. The molecule has 8 nitrogen and oxygen atoms in total. The molecule has 139 heavy (non-hydrogen) atoms. The second-order valence-corrected chi connectivity index (χ2v) is 59.1. The molecule has 6 aromatic heterocycles.